The molecule has 0 aromatic carbocycles. The largest absolute Gasteiger partial charge is 0.308 e. The summed E-state index contributed by atoms with van der Waals surface area (Å²) in [6, 6.07) is 0. The number of likely N-dealkylation sites (N-methyl/N-ethyl adjacent to an activating group) is 2. The van der Waals surface area contributed by atoms with Gasteiger partial charge >= 0.3 is 0 Å². The molecule has 0 unspecified atom stereocenters. The SMILES string of the molecule is CCN(C)CCCN(C)CCN(C)C. The van der Waals surface area contributed by atoms with Gasteiger partial charge in [0.2, 0.25) is 0 Å². The van der Waals surface area contributed by atoms with Crippen LogP contribution >= 0.6 is 0 Å². The molecule has 0 rings (SSSR count). The van der Waals surface area contributed by atoms with Gasteiger partial charge in [-0.2, -0.15) is 0 Å². The standard InChI is InChI=1S/C11H27N3/c1-6-13(4)8-7-9-14(5)11-10-12(2)3/h6-11H2,1-5H3. The number of nitrogens with zero attached hydrogens (tertiary/aromatic N) is 3. The lowest BCUT2D eigenvalue weighted by Crippen LogP contribution is -2.31. The van der Waals surface area contributed by atoms with Crippen LogP contribution in [0.5, 0.6) is 0 Å². The highest BCUT2D eigenvalue weighted by Crippen LogP contribution is 1.91. The molecule has 0 atom stereocenters. The van der Waals surface area contributed by atoms with E-state index in [1.165, 1.54) is 26.1 Å². The molecule has 14 heavy (non-hydrogen) atoms. The van der Waals surface area contributed by atoms with Crippen LogP contribution in [0.25, 0.3) is 0 Å². The van der Waals surface area contributed by atoms with E-state index >= 15 is 0 Å². The van der Waals surface area contributed by atoms with Crippen LogP contribution < -0.4 is 0 Å². The molecular formula is C11H27N3. The maximum absolute atomic E-state index is 2.41. The molecule has 0 saturated heterocycles. The van der Waals surface area contributed by atoms with E-state index in [1.54, 1.807) is 0 Å². The summed E-state index contributed by atoms with van der Waals surface area (Å²) in [7, 11) is 8.63. The molecule has 86 valence electrons. The Bertz CT molecular complexity index is 126. The monoisotopic (exact) mass is 201 g/mol. The van der Waals surface area contributed by atoms with Crippen molar-refractivity contribution in [3.05, 3.63) is 0 Å². The Hall–Kier alpha value is -0.120. The van der Waals surface area contributed by atoms with E-state index in [1.807, 2.05) is 0 Å². The Labute approximate surface area is 89.7 Å². The lowest BCUT2D eigenvalue weighted by atomic mass is 10.3. The Kier molecular flexibility index (Phi) is 8.14. The first kappa shape index (κ1) is 13.9. The topological polar surface area (TPSA) is 9.72 Å². The molecule has 3 nitrogen and oxygen atoms in total. The quantitative estimate of drug-likeness (QED) is 0.576. The Balaban J connectivity index is 3.30. The molecule has 0 aliphatic heterocycles. The third kappa shape index (κ3) is 8.48. The van der Waals surface area contributed by atoms with Crippen molar-refractivity contribution in [1.82, 2.24) is 14.7 Å². The second-order valence-corrected chi connectivity index (χ2v) is 4.36. The van der Waals surface area contributed by atoms with Crippen LogP contribution in [0.1, 0.15) is 13.3 Å². The summed E-state index contributed by atoms with van der Waals surface area (Å²) in [5.74, 6) is 0. The zero-order chi connectivity index (χ0) is 11.0. The molecule has 0 aromatic rings. The average molecular weight is 201 g/mol. The third-order valence-electron chi connectivity index (χ3n) is 2.55. The maximum Gasteiger partial charge on any atom is 0.0106 e. The zero-order valence-corrected chi connectivity index (χ0v) is 10.6. The van der Waals surface area contributed by atoms with Crippen LogP contribution in [-0.4, -0.2) is 75.6 Å². The van der Waals surface area contributed by atoms with Crippen LogP contribution in [0.15, 0.2) is 0 Å². The lowest BCUT2D eigenvalue weighted by molar-refractivity contribution is 0.259. The van der Waals surface area contributed by atoms with Gasteiger partial charge in [0.25, 0.3) is 0 Å². The van der Waals surface area contributed by atoms with Gasteiger partial charge in [-0.1, -0.05) is 6.92 Å². The molecule has 0 radical (unpaired) electrons. The zero-order valence-electron chi connectivity index (χ0n) is 10.6. The molecule has 0 N–H and O–H groups in total. The van der Waals surface area contributed by atoms with Gasteiger partial charge in [-0.15, -0.1) is 0 Å². The van der Waals surface area contributed by atoms with E-state index in [4.69, 9.17) is 0 Å². The molecule has 0 saturated carbocycles. The van der Waals surface area contributed by atoms with Crippen molar-refractivity contribution in [2.75, 3.05) is 60.9 Å². The highest BCUT2D eigenvalue weighted by molar-refractivity contribution is 4.56. The van der Waals surface area contributed by atoms with Crippen LogP contribution in [0.4, 0.5) is 0 Å². The van der Waals surface area contributed by atoms with Gasteiger partial charge in [0.15, 0.2) is 0 Å². The van der Waals surface area contributed by atoms with Crippen molar-refractivity contribution in [3.8, 4) is 0 Å². The average Bonchev–Trinajstić information content (AvgIpc) is 2.14. The summed E-state index contributed by atoms with van der Waals surface area (Å²) < 4.78 is 0. The highest BCUT2D eigenvalue weighted by atomic mass is 15.2. The molecule has 0 aromatic heterocycles. The molecule has 0 heterocycles. The summed E-state index contributed by atoms with van der Waals surface area (Å²) in [6.07, 6.45) is 1.27. The molecule has 0 amide bonds. The van der Waals surface area contributed by atoms with Crippen LogP contribution in [0.3, 0.4) is 0 Å². The van der Waals surface area contributed by atoms with Gasteiger partial charge < -0.3 is 14.7 Å². The van der Waals surface area contributed by atoms with E-state index in [2.05, 4.69) is 49.8 Å². The first-order valence-corrected chi connectivity index (χ1v) is 5.58. The minimum atomic E-state index is 1.15. The predicted molar refractivity (Wildman–Crippen MR) is 63.8 cm³/mol. The summed E-state index contributed by atoms with van der Waals surface area (Å²) in [4.78, 5) is 7.00. The fourth-order valence-corrected chi connectivity index (χ4v) is 1.25. The van der Waals surface area contributed by atoms with Crippen molar-refractivity contribution in [2.45, 2.75) is 13.3 Å². The van der Waals surface area contributed by atoms with Gasteiger partial charge in [-0.3, -0.25) is 0 Å². The number of rotatable bonds is 8. The molecule has 0 aliphatic rings. The smallest absolute Gasteiger partial charge is 0.0106 e. The van der Waals surface area contributed by atoms with Crippen molar-refractivity contribution in [3.63, 3.8) is 0 Å². The van der Waals surface area contributed by atoms with Gasteiger partial charge in [-0.05, 0) is 54.2 Å². The van der Waals surface area contributed by atoms with E-state index in [0.717, 1.165) is 13.1 Å². The summed E-state index contributed by atoms with van der Waals surface area (Å²) >= 11 is 0. The minimum absolute atomic E-state index is 1.15. The fraction of sp³-hybridized carbons (Fsp3) is 1.00. The summed E-state index contributed by atoms with van der Waals surface area (Å²) in [5.41, 5.74) is 0. The van der Waals surface area contributed by atoms with Gasteiger partial charge in [-0.25, -0.2) is 0 Å². The third-order valence-corrected chi connectivity index (χ3v) is 2.55. The van der Waals surface area contributed by atoms with Crippen LogP contribution in [0, 0.1) is 0 Å². The van der Waals surface area contributed by atoms with Crippen molar-refractivity contribution >= 4 is 0 Å². The molecule has 3 heteroatoms. The molecular weight excluding hydrogens is 174 g/mol. The second kappa shape index (κ2) is 8.21. The first-order chi connectivity index (χ1) is 6.56. The first-order valence-electron chi connectivity index (χ1n) is 5.58. The second-order valence-electron chi connectivity index (χ2n) is 4.36. The van der Waals surface area contributed by atoms with Gasteiger partial charge in [0.05, 0.1) is 0 Å². The molecule has 0 fully saturated rings. The van der Waals surface area contributed by atoms with E-state index < -0.39 is 0 Å². The van der Waals surface area contributed by atoms with E-state index in [9.17, 15) is 0 Å². The Morgan fingerprint density at radius 3 is 1.79 bits per heavy atom. The Morgan fingerprint density at radius 1 is 0.714 bits per heavy atom. The molecule has 0 bridgehead atoms. The number of hydrogen-bond acceptors (Lipinski definition) is 3. The predicted octanol–water partition coefficient (Wildman–Crippen LogP) is 0.822. The molecule has 0 aliphatic carbocycles. The van der Waals surface area contributed by atoms with Crippen molar-refractivity contribution in [1.29, 1.82) is 0 Å². The van der Waals surface area contributed by atoms with Crippen LogP contribution in [-0.2, 0) is 0 Å². The van der Waals surface area contributed by atoms with E-state index in [0.29, 0.717) is 0 Å². The van der Waals surface area contributed by atoms with Gasteiger partial charge in [0, 0.05) is 13.1 Å². The van der Waals surface area contributed by atoms with Crippen LogP contribution in [0.2, 0.25) is 0 Å². The molecule has 0 spiro atoms. The summed E-state index contributed by atoms with van der Waals surface area (Å²) in [6.45, 7) is 8.10. The lowest BCUT2D eigenvalue weighted by Gasteiger charge is -2.20. The maximum atomic E-state index is 2.41. The highest BCUT2D eigenvalue weighted by Gasteiger charge is 2.00. The van der Waals surface area contributed by atoms with E-state index in [-0.39, 0.29) is 0 Å². The van der Waals surface area contributed by atoms with Gasteiger partial charge in [0.1, 0.15) is 0 Å². The summed E-state index contributed by atoms with van der Waals surface area (Å²) in [5, 5.41) is 0. The fourth-order valence-electron chi connectivity index (χ4n) is 1.25. The van der Waals surface area contributed by atoms with Crippen molar-refractivity contribution < 1.29 is 0 Å². The number of hydrogen-bond donors (Lipinski definition) is 0. The Morgan fingerprint density at radius 2 is 1.29 bits per heavy atom. The normalized spacial score (nSPS) is 12.0. The minimum Gasteiger partial charge on any atom is -0.308 e. The van der Waals surface area contributed by atoms with Crippen molar-refractivity contribution in [2.24, 2.45) is 0 Å².